The molecule has 23 heavy (non-hydrogen) atoms. The highest BCUT2D eigenvalue weighted by Crippen LogP contribution is 2.10. The molecule has 1 aliphatic heterocycles. The number of unbranched alkanes of at least 4 members (excludes halogenated alkanes) is 2. The summed E-state index contributed by atoms with van der Waals surface area (Å²) in [7, 11) is 1.85. The van der Waals surface area contributed by atoms with Crippen molar-refractivity contribution < 1.29 is 4.74 Å². The SMILES string of the molecule is CCCCCC(C)NC(=NC)NCCCN1CC(C)OC(C)C1. The summed E-state index contributed by atoms with van der Waals surface area (Å²) >= 11 is 0. The Morgan fingerprint density at radius 1 is 1.22 bits per heavy atom. The maximum atomic E-state index is 5.78. The number of ether oxygens (including phenoxy) is 1. The van der Waals surface area contributed by atoms with Crippen molar-refractivity contribution in [3.8, 4) is 0 Å². The summed E-state index contributed by atoms with van der Waals surface area (Å²) < 4.78 is 5.78. The summed E-state index contributed by atoms with van der Waals surface area (Å²) in [6, 6.07) is 0.480. The zero-order valence-electron chi connectivity index (χ0n) is 15.9. The third-order valence-electron chi connectivity index (χ3n) is 4.29. The van der Waals surface area contributed by atoms with E-state index in [2.05, 4.69) is 48.2 Å². The first-order valence-corrected chi connectivity index (χ1v) is 9.40. The van der Waals surface area contributed by atoms with E-state index in [1.807, 2.05) is 7.05 Å². The second-order valence-electron chi connectivity index (χ2n) is 6.91. The molecule has 0 amide bonds. The van der Waals surface area contributed by atoms with Gasteiger partial charge in [-0.05, 0) is 33.6 Å². The van der Waals surface area contributed by atoms with Crippen molar-refractivity contribution in [2.24, 2.45) is 4.99 Å². The highest BCUT2D eigenvalue weighted by Gasteiger charge is 2.21. The Bertz CT molecular complexity index is 325. The normalized spacial score (nSPS) is 24.5. The predicted molar refractivity (Wildman–Crippen MR) is 99.2 cm³/mol. The molecule has 2 N–H and O–H groups in total. The Morgan fingerprint density at radius 3 is 2.52 bits per heavy atom. The van der Waals surface area contributed by atoms with Gasteiger partial charge in [-0.25, -0.2) is 0 Å². The minimum Gasteiger partial charge on any atom is -0.373 e. The summed E-state index contributed by atoms with van der Waals surface area (Å²) in [5.74, 6) is 0.928. The van der Waals surface area contributed by atoms with E-state index in [-0.39, 0.29) is 0 Å². The van der Waals surface area contributed by atoms with Gasteiger partial charge in [0.1, 0.15) is 0 Å². The summed E-state index contributed by atoms with van der Waals surface area (Å²) in [5.41, 5.74) is 0. The topological polar surface area (TPSA) is 48.9 Å². The molecule has 0 aromatic heterocycles. The van der Waals surface area contributed by atoms with Crippen LogP contribution in [0.2, 0.25) is 0 Å². The van der Waals surface area contributed by atoms with Gasteiger partial charge in [0.25, 0.3) is 0 Å². The van der Waals surface area contributed by atoms with Crippen molar-refractivity contribution in [1.82, 2.24) is 15.5 Å². The van der Waals surface area contributed by atoms with Crippen LogP contribution in [0.15, 0.2) is 4.99 Å². The summed E-state index contributed by atoms with van der Waals surface area (Å²) in [5, 5.41) is 6.92. The molecule has 1 rings (SSSR count). The fourth-order valence-corrected chi connectivity index (χ4v) is 3.18. The van der Waals surface area contributed by atoms with Crippen molar-refractivity contribution in [1.29, 1.82) is 0 Å². The molecule has 0 saturated carbocycles. The first-order valence-electron chi connectivity index (χ1n) is 9.40. The molecule has 0 radical (unpaired) electrons. The average molecular weight is 327 g/mol. The number of guanidine groups is 1. The second kappa shape index (κ2) is 11.7. The molecule has 1 aliphatic rings. The van der Waals surface area contributed by atoms with Gasteiger partial charge in [-0.15, -0.1) is 0 Å². The van der Waals surface area contributed by atoms with Crippen molar-refractivity contribution in [3.63, 3.8) is 0 Å². The van der Waals surface area contributed by atoms with Crippen molar-refractivity contribution in [2.75, 3.05) is 33.2 Å². The third-order valence-corrected chi connectivity index (χ3v) is 4.29. The lowest BCUT2D eigenvalue weighted by molar-refractivity contribution is -0.0679. The van der Waals surface area contributed by atoms with Crippen LogP contribution >= 0.6 is 0 Å². The molecule has 0 spiro atoms. The van der Waals surface area contributed by atoms with Crippen LogP contribution in [0.5, 0.6) is 0 Å². The first-order chi connectivity index (χ1) is 11.0. The zero-order chi connectivity index (χ0) is 17.1. The lowest BCUT2D eigenvalue weighted by Gasteiger charge is -2.35. The van der Waals surface area contributed by atoms with E-state index in [9.17, 15) is 0 Å². The Hall–Kier alpha value is -0.810. The minimum absolute atomic E-state index is 0.352. The first kappa shape index (κ1) is 20.2. The van der Waals surface area contributed by atoms with E-state index in [1.165, 1.54) is 25.7 Å². The quantitative estimate of drug-likeness (QED) is 0.388. The summed E-state index contributed by atoms with van der Waals surface area (Å²) in [6.07, 6.45) is 6.92. The van der Waals surface area contributed by atoms with E-state index in [4.69, 9.17) is 4.74 Å². The largest absolute Gasteiger partial charge is 0.373 e. The number of morpholine rings is 1. The van der Waals surface area contributed by atoms with Gasteiger partial charge in [-0.1, -0.05) is 26.2 Å². The third kappa shape index (κ3) is 9.16. The molecular weight excluding hydrogens is 288 g/mol. The fourth-order valence-electron chi connectivity index (χ4n) is 3.18. The van der Waals surface area contributed by atoms with Crippen LogP contribution in [0.1, 0.15) is 59.8 Å². The van der Waals surface area contributed by atoms with Gasteiger partial charge in [0, 0.05) is 39.3 Å². The predicted octanol–water partition coefficient (Wildman–Crippen LogP) is 2.62. The molecular formula is C18H38N4O. The van der Waals surface area contributed by atoms with E-state index in [0.29, 0.717) is 18.2 Å². The molecule has 5 heteroatoms. The number of aliphatic imine (C=N–C) groups is 1. The van der Waals surface area contributed by atoms with Gasteiger partial charge in [-0.2, -0.15) is 0 Å². The molecule has 3 unspecified atom stereocenters. The Kier molecular flexibility index (Phi) is 10.3. The molecule has 1 saturated heterocycles. The van der Waals surface area contributed by atoms with Crippen LogP contribution in [-0.4, -0.2) is 62.3 Å². The second-order valence-corrected chi connectivity index (χ2v) is 6.91. The van der Waals surface area contributed by atoms with Gasteiger partial charge < -0.3 is 15.4 Å². The van der Waals surface area contributed by atoms with Crippen molar-refractivity contribution in [2.45, 2.75) is 78.0 Å². The van der Waals surface area contributed by atoms with Crippen molar-refractivity contribution in [3.05, 3.63) is 0 Å². The highest BCUT2D eigenvalue weighted by molar-refractivity contribution is 5.79. The van der Waals surface area contributed by atoms with Crippen LogP contribution in [-0.2, 0) is 4.74 Å². The molecule has 1 fully saturated rings. The monoisotopic (exact) mass is 326 g/mol. The molecule has 0 bridgehead atoms. The van der Waals surface area contributed by atoms with Crippen LogP contribution in [0.3, 0.4) is 0 Å². The molecule has 136 valence electrons. The minimum atomic E-state index is 0.352. The van der Waals surface area contributed by atoms with Gasteiger partial charge in [0.2, 0.25) is 0 Å². The molecule has 3 atom stereocenters. The molecule has 0 aromatic carbocycles. The standard InChI is InChI=1S/C18H38N4O/c1-6-7-8-10-15(2)21-18(19-5)20-11-9-12-22-13-16(3)23-17(4)14-22/h15-17H,6-14H2,1-5H3,(H2,19,20,21). The Labute approximate surface area is 143 Å². The van der Waals surface area contributed by atoms with Crippen LogP contribution in [0.4, 0.5) is 0 Å². The Morgan fingerprint density at radius 2 is 1.91 bits per heavy atom. The maximum Gasteiger partial charge on any atom is 0.191 e. The number of rotatable bonds is 9. The van der Waals surface area contributed by atoms with Gasteiger partial charge in [0.15, 0.2) is 5.96 Å². The van der Waals surface area contributed by atoms with E-state index >= 15 is 0 Å². The van der Waals surface area contributed by atoms with Gasteiger partial charge in [-0.3, -0.25) is 9.89 Å². The summed E-state index contributed by atoms with van der Waals surface area (Å²) in [4.78, 5) is 6.83. The average Bonchev–Trinajstić information content (AvgIpc) is 2.49. The van der Waals surface area contributed by atoms with Gasteiger partial charge >= 0.3 is 0 Å². The lowest BCUT2D eigenvalue weighted by atomic mass is 10.1. The maximum absolute atomic E-state index is 5.78. The fraction of sp³-hybridized carbons (Fsp3) is 0.944. The van der Waals surface area contributed by atoms with Crippen LogP contribution in [0.25, 0.3) is 0 Å². The van der Waals surface area contributed by atoms with Gasteiger partial charge in [0.05, 0.1) is 12.2 Å². The van der Waals surface area contributed by atoms with Crippen molar-refractivity contribution >= 4 is 5.96 Å². The van der Waals surface area contributed by atoms with E-state index < -0.39 is 0 Å². The Balaban J connectivity index is 2.15. The number of nitrogens with zero attached hydrogens (tertiary/aromatic N) is 2. The van der Waals surface area contributed by atoms with Crippen LogP contribution < -0.4 is 10.6 Å². The molecule has 0 aliphatic carbocycles. The number of hydrogen-bond donors (Lipinski definition) is 2. The smallest absolute Gasteiger partial charge is 0.191 e. The number of hydrogen-bond acceptors (Lipinski definition) is 3. The lowest BCUT2D eigenvalue weighted by Crippen LogP contribution is -2.47. The molecule has 1 heterocycles. The molecule has 0 aromatic rings. The highest BCUT2D eigenvalue weighted by atomic mass is 16.5. The van der Waals surface area contributed by atoms with Crippen LogP contribution in [0, 0.1) is 0 Å². The van der Waals surface area contributed by atoms with E-state index in [1.54, 1.807) is 0 Å². The number of nitrogens with one attached hydrogen (secondary N) is 2. The zero-order valence-corrected chi connectivity index (χ0v) is 15.9. The van der Waals surface area contributed by atoms with E-state index in [0.717, 1.165) is 38.6 Å². The summed E-state index contributed by atoms with van der Waals surface area (Å²) in [6.45, 7) is 13.0. The molecule has 5 nitrogen and oxygen atoms in total.